The van der Waals surface area contributed by atoms with E-state index in [1.807, 2.05) is 11.4 Å². The van der Waals surface area contributed by atoms with E-state index in [9.17, 15) is 4.79 Å². The zero-order chi connectivity index (χ0) is 13.2. The van der Waals surface area contributed by atoms with E-state index in [0.717, 1.165) is 23.9 Å². The van der Waals surface area contributed by atoms with Crippen LogP contribution in [-0.4, -0.2) is 38.8 Å². The highest BCUT2D eigenvalue weighted by atomic mass is 32.1. The van der Waals surface area contributed by atoms with Crippen LogP contribution in [0.5, 0.6) is 0 Å². The van der Waals surface area contributed by atoms with Gasteiger partial charge in [-0.1, -0.05) is 0 Å². The van der Waals surface area contributed by atoms with Crippen LogP contribution in [0.4, 0.5) is 11.1 Å². The molecule has 19 heavy (non-hydrogen) atoms. The lowest BCUT2D eigenvalue weighted by molar-refractivity contribution is -0.133. The van der Waals surface area contributed by atoms with Gasteiger partial charge in [0.15, 0.2) is 5.13 Å². The maximum atomic E-state index is 11.2. The van der Waals surface area contributed by atoms with Crippen LogP contribution in [-0.2, 0) is 4.79 Å². The summed E-state index contributed by atoms with van der Waals surface area (Å²) in [4.78, 5) is 25.7. The first-order chi connectivity index (χ1) is 9.22. The van der Waals surface area contributed by atoms with Gasteiger partial charge in [0.25, 0.3) is 0 Å². The van der Waals surface area contributed by atoms with Gasteiger partial charge in [-0.05, 0) is 6.07 Å². The van der Waals surface area contributed by atoms with Gasteiger partial charge in [-0.25, -0.2) is 15.0 Å². The second-order valence-corrected chi connectivity index (χ2v) is 5.28. The van der Waals surface area contributed by atoms with Gasteiger partial charge in [-0.3, -0.25) is 4.79 Å². The zero-order valence-electron chi connectivity index (χ0n) is 10.4. The van der Waals surface area contributed by atoms with Crippen molar-refractivity contribution < 1.29 is 4.79 Å². The van der Waals surface area contributed by atoms with Crippen LogP contribution < -0.4 is 5.32 Å². The minimum absolute atomic E-state index is 0.117. The number of rotatable bonds is 3. The summed E-state index contributed by atoms with van der Waals surface area (Å²) >= 11 is 1.50. The fourth-order valence-electron chi connectivity index (χ4n) is 1.96. The Kier molecular flexibility index (Phi) is 3.12. The topological polar surface area (TPSA) is 71.0 Å². The number of carbonyl (C=O) groups is 1. The Morgan fingerprint density at radius 3 is 2.95 bits per heavy atom. The van der Waals surface area contributed by atoms with Crippen LogP contribution in [0.15, 0.2) is 23.8 Å². The van der Waals surface area contributed by atoms with Gasteiger partial charge >= 0.3 is 0 Å². The van der Waals surface area contributed by atoms with E-state index in [4.69, 9.17) is 0 Å². The molecule has 0 radical (unpaired) electrons. The number of carbonyl (C=O) groups excluding carboxylic acids is 1. The predicted molar refractivity (Wildman–Crippen MR) is 72.4 cm³/mol. The summed E-state index contributed by atoms with van der Waals surface area (Å²) in [6.07, 6.45) is 3.46. The molecule has 0 saturated carbocycles. The van der Waals surface area contributed by atoms with Gasteiger partial charge in [0, 0.05) is 43.7 Å². The van der Waals surface area contributed by atoms with Crippen molar-refractivity contribution in [2.24, 2.45) is 0 Å². The Balaban J connectivity index is 1.69. The highest BCUT2D eigenvalue weighted by Crippen LogP contribution is 2.26. The van der Waals surface area contributed by atoms with Gasteiger partial charge in [-0.15, -0.1) is 11.3 Å². The van der Waals surface area contributed by atoms with Crippen LogP contribution in [0.1, 0.15) is 18.5 Å². The number of hydrogen-bond donors (Lipinski definition) is 1. The molecular weight excluding hydrogens is 262 g/mol. The van der Waals surface area contributed by atoms with Crippen molar-refractivity contribution in [3.05, 3.63) is 29.5 Å². The van der Waals surface area contributed by atoms with E-state index in [1.54, 1.807) is 24.2 Å². The molecule has 1 aliphatic rings. The van der Waals surface area contributed by atoms with Gasteiger partial charge in [0.2, 0.25) is 11.9 Å². The largest absolute Gasteiger partial charge is 0.341 e. The lowest BCUT2D eigenvalue weighted by atomic mass is 9.96. The van der Waals surface area contributed by atoms with Crippen molar-refractivity contribution >= 4 is 28.3 Å². The molecule has 0 aliphatic carbocycles. The summed E-state index contributed by atoms with van der Waals surface area (Å²) in [6.45, 7) is 3.07. The van der Waals surface area contributed by atoms with Crippen molar-refractivity contribution in [3.8, 4) is 0 Å². The highest BCUT2D eigenvalue weighted by molar-refractivity contribution is 7.13. The van der Waals surface area contributed by atoms with Gasteiger partial charge in [-0.2, -0.15) is 0 Å². The van der Waals surface area contributed by atoms with Crippen LogP contribution in [0, 0.1) is 0 Å². The summed E-state index contributed by atoms with van der Waals surface area (Å²) in [7, 11) is 0. The molecule has 0 unspecified atom stereocenters. The molecule has 2 aromatic heterocycles. The van der Waals surface area contributed by atoms with Crippen molar-refractivity contribution in [2.75, 3.05) is 18.4 Å². The molecule has 1 saturated heterocycles. The van der Waals surface area contributed by atoms with E-state index in [1.165, 1.54) is 11.3 Å². The quantitative estimate of drug-likeness (QED) is 0.921. The molecular formula is C12H13N5OS. The predicted octanol–water partition coefficient (Wildman–Crippen LogP) is 1.62. The minimum atomic E-state index is 0.117. The molecule has 1 fully saturated rings. The molecule has 3 heterocycles. The summed E-state index contributed by atoms with van der Waals surface area (Å²) in [5.74, 6) is 0.976. The molecule has 1 aliphatic heterocycles. The smallest absolute Gasteiger partial charge is 0.229 e. The van der Waals surface area contributed by atoms with E-state index >= 15 is 0 Å². The second-order valence-electron chi connectivity index (χ2n) is 4.39. The van der Waals surface area contributed by atoms with Crippen LogP contribution >= 0.6 is 11.3 Å². The number of anilines is 2. The van der Waals surface area contributed by atoms with Crippen molar-refractivity contribution in [1.29, 1.82) is 0 Å². The molecule has 1 amide bonds. The lowest BCUT2D eigenvalue weighted by Crippen LogP contribution is -2.47. The number of hydrogen-bond acceptors (Lipinski definition) is 6. The first kappa shape index (κ1) is 12.0. The van der Waals surface area contributed by atoms with Crippen LogP contribution in [0.2, 0.25) is 0 Å². The van der Waals surface area contributed by atoms with Gasteiger partial charge in [0.05, 0.1) is 5.69 Å². The van der Waals surface area contributed by atoms with E-state index < -0.39 is 0 Å². The average Bonchev–Trinajstić information content (AvgIpc) is 2.80. The fourth-order valence-corrected chi connectivity index (χ4v) is 2.49. The van der Waals surface area contributed by atoms with Gasteiger partial charge in [0.1, 0.15) is 0 Å². The zero-order valence-corrected chi connectivity index (χ0v) is 11.2. The molecule has 0 bridgehead atoms. The Hall–Kier alpha value is -2.02. The van der Waals surface area contributed by atoms with E-state index in [2.05, 4.69) is 20.3 Å². The second kappa shape index (κ2) is 4.93. The molecule has 0 aromatic carbocycles. The summed E-state index contributed by atoms with van der Waals surface area (Å²) in [6, 6.07) is 1.90. The van der Waals surface area contributed by atoms with Crippen molar-refractivity contribution in [1.82, 2.24) is 19.9 Å². The molecule has 0 atom stereocenters. The number of thiazole rings is 1. The fraction of sp³-hybridized carbons (Fsp3) is 0.333. The molecule has 1 N–H and O–H groups in total. The van der Waals surface area contributed by atoms with Gasteiger partial charge < -0.3 is 10.2 Å². The number of nitrogens with one attached hydrogen (secondary N) is 1. The van der Waals surface area contributed by atoms with Crippen molar-refractivity contribution in [2.45, 2.75) is 12.8 Å². The lowest BCUT2D eigenvalue weighted by Gasteiger charge is -2.38. The number of aromatic nitrogens is 3. The summed E-state index contributed by atoms with van der Waals surface area (Å²) < 4.78 is 0. The SMILES string of the molecule is CC(=O)N1CC(c2ccnc(Nc3nccs3)n2)C1. The molecule has 0 spiro atoms. The van der Waals surface area contributed by atoms with E-state index in [-0.39, 0.29) is 5.91 Å². The maximum absolute atomic E-state index is 11.2. The molecule has 3 rings (SSSR count). The molecule has 7 heteroatoms. The first-order valence-corrected chi connectivity index (χ1v) is 6.85. The molecule has 2 aromatic rings. The third-order valence-corrected chi connectivity index (χ3v) is 3.76. The standard InChI is InChI=1S/C12H13N5OS/c1-8(18)17-6-9(7-17)10-2-3-13-11(15-10)16-12-14-4-5-19-12/h2-5,9H,6-7H2,1H3,(H,13,14,15,16). The Labute approximate surface area is 114 Å². The normalized spacial score (nSPS) is 15.1. The summed E-state index contributed by atoms with van der Waals surface area (Å²) in [5, 5.41) is 5.73. The van der Waals surface area contributed by atoms with Crippen molar-refractivity contribution in [3.63, 3.8) is 0 Å². The third kappa shape index (κ3) is 2.55. The third-order valence-electron chi connectivity index (χ3n) is 3.07. The highest BCUT2D eigenvalue weighted by Gasteiger charge is 2.30. The average molecular weight is 275 g/mol. The summed E-state index contributed by atoms with van der Waals surface area (Å²) in [5.41, 5.74) is 0.964. The number of amides is 1. The molecule has 98 valence electrons. The van der Waals surface area contributed by atoms with Crippen LogP contribution in [0.25, 0.3) is 0 Å². The van der Waals surface area contributed by atoms with E-state index in [0.29, 0.717) is 11.9 Å². The van der Waals surface area contributed by atoms with Crippen LogP contribution in [0.3, 0.4) is 0 Å². The minimum Gasteiger partial charge on any atom is -0.341 e. The Morgan fingerprint density at radius 2 is 2.26 bits per heavy atom. The monoisotopic (exact) mass is 275 g/mol. The molecule has 6 nitrogen and oxygen atoms in total. The number of likely N-dealkylation sites (tertiary alicyclic amines) is 1. The maximum Gasteiger partial charge on any atom is 0.229 e. The first-order valence-electron chi connectivity index (χ1n) is 5.97. The number of nitrogens with zero attached hydrogens (tertiary/aromatic N) is 4. The Morgan fingerprint density at radius 1 is 1.42 bits per heavy atom. The Bertz CT molecular complexity index is 580.